The third-order valence-corrected chi connectivity index (χ3v) is 4.50. The van der Waals surface area contributed by atoms with Crippen molar-refractivity contribution in [1.29, 1.82) is 0 Å². The highest BCUT2D eigenvalue weighted by atomic mass is 35.5. The third kappa shape index (κ3) is 2.58. The number of alkyl halides is 1. The first-order valence-corrected chi connectivity index (χ1v) is 6.87. The minimum absolute atomic E-state index is 0.184. The van der Waals surface area contributed by atoms with Crippen molar-refractivity contribution in [2.75, 3.05) is 5.21 Å². The zero-order valence-electron chi connectivity index (χ0n) is 7.37. The Morgan fingerprint density at radius 3 is 2.00 bits per heavy atom. The van der Waals surface area contributed by atoms with Gasteiger partial charge >= 0.3 is 0 Å². The summed E-state index contributed by atoms with van der Waals surface area (Å²) < 4.78 is 25.2. The molecule has 0 unspecified atom stereocenters. The zero-order valence-corrected chi connectivity index (χ0v) is 8.94. The Labute approximate surface area is 83.9 Å². The summed E-state index contributed by atoms with van der Waals surface area (Å²) in [6, 6.07) is 0.184. The second-order valence-corrected chi connectivity index (χ2v) is 6.38. The molecule has 3 nitrogen and oxygen atoms in total. The Balaban J connectivity index is 1.96. The maximum atomic E-state index is 11.2. The van der Waals surface area contributed by atoms with E-state index in [0.29, 0.717) is 11.8 Å². The van der Waals surface area contributed by atoms with E-state index in [1.807, 2.05) is 0 Å². The molecule has 2 aliphatic carbocycles. The monoisotopic (exact) mass is 223 g/mol. The van der Waals surface area contributed by atoms with Gasteiger partial charge in [-0.2, -0.15) is 0 Å². The number of nitrogens with one attached hydrogen (secondary N) is 1. The predicted octanol–water partition coefficient (Wildman–Crippen LogP) is 1.29. The van der Waals surface area contributed by atoms with Crippen LogP contribution in [0.4, 0.5) is 0 Å². The standard InChI is InChI=1S/C8H14ClNO2S/c9-5-13(11,12)10-8(6-1-2-6)7-3-4-7/h6-8,10H,1-5H2. The summed E-state index contributed by atoms with van der Waals surface area (Å²) in [6.45, 7) is 0. The molecule has 0 radical (unpaired) electrons. The van der Waals surface area contributed by atoms with E-state index in [2.05, 4.69) is 4.72 Å². The fourth-order valence-electron chi connectivity index (χ4n) is 1.73. The van der Waals surface area contributed by atoms with Gasteiger partial charge in [0.05, 0.1) is 0 Å². The van der Waals surface area contributed by atoms with Gasteiger partial charge in [0.15, 0.2) is 0 Å². The maximum Gasteiger partial charge on any atom is 0.225 e. The predicted molar refractivity (Wildman–Crippen MR) is 52.0 cm³/mol. The van der Waals surface area contributed by atoms with E-state index in [1.165, 1.54) is 25.7 Å². The highest BCUT2D eigenvalue weighted by molar-refractivity contribution is 7.90. The summed E-state index contributed by atoms with van der Waals surface area (Å²) >= 11 is 5.34. The second-order valence-electron chi connectivity index (χ2n) is 4.04. The number of hydrogen-bond donors (Lipinski definition) is 1. The van der Waals surface area contributed by atoms with Crippen molar-refractivity contribution in [2.45, 2.75) is 31.7 Å². The quantitative estimate of drug-likeness (QED) is 0.714. The Hall–Kier alpha value is 0.200. The molecular weight excluding hydrogens is 210 g/mol. The fraction of sp³-hybridized carbons (Fsp3) is 1.00. The van der Waals surface area contributed by atoms with Crippen LogP contribution in [0.25, 0.3) is 0 Å². The van der Waals surface area contributed by atoms with E-state index in [9.17, 15) is 8.42 Å². The lowest BCUT2D eigenvalue weighted by molar-refractivity contribution is 0.473. The third-order valence-electron chi connectivity index (χ3n) is 2.72. The molecule has 0 heterocycles. The minimum Gasteiger partial charge on any atom is -0.211 e. The van der Waals surface area contributed by atoms with Gasteiger partial charge in [0.2, 0.25) is 10.0 Å². The molecule has 0 aromatic rings. The van der Waals surface area contributed by atoms with Crippen LogP contribution in [0.5, 0.6) is 0 Å². The molecule has 2 aliphatic rings. The maximum absolute atomic E-state index is 11.2. The molecule has 0 atom stereocenters. The molecule has 5 heteroatoms. The summed E-state index contributed by atoms with van der Waals surface area (Å²) in [6.07, 6.45) is 4.69. The number of halogens is 1. The van der Waals surface area contributed by atoms with Gasteiger partial charge in [-0.3, -0.25) is 0 Å². The van der Waals surface area contributed by atoms with Crippen molar-refractivity contribution >= 4 is 21.6 Å². The topological polar surface area (TPSA) is 46.2 Å². The molecule has 13 heavy (non-hydrogen) atoms. The number of hydrogen-bond acceptors (Lipinski definition) is 2. The highest BCUT2D eigenvalue weighted by Gasteiger charge is 2.43. The lowest BCUT2D eigenvalue weighted by Gasteiger charge is -2.16. The molecule has 0 aliphatic heterocycles. The second kappa shape index (κ2) is 3.41. The summed E-state index contributed by atoms with van der Waals surface area (Å²) in [5.74, 6) is 1.18. The number of sulfonamides is 1. The molecule has 0 saturated heterocycles. The van der Waals surface area contributed by atoms with Crippen molar-refractivity contribution in [2.24, 2.45) is 11.8 Å². The van der Waals surface area contributed by atoms with Crippen molar-refractivity contribution in [3.8, 4) is 0 Å². The van der Waals surface area contributed by atoms with Crippen LogP contribution in [0.3, 0.4) is 0 Å². The molecule has 0 spiro atoms. The average Bonchev–Trinajstić information content (AvgIpc) is 2.91. The average molecular weight is 224 g/mol. The molecule has 2 fully saturated rings. The minimum atomic E-state index is -3.21. The van der Waals surface area contributed by atoms with E-state index in [4.69, 9.17) is 11.6 Å². The van der Waals surface area contributed by atoms with Gasteiger partial charge in [-0.25, -0.2) is 13.1 Å². The molecule has 0 aromatic heterocycles. The van der Waals surface area contributed by atoms with Gasteiger partial charge in [0.1, 0.15) is 5.21 Å². The lowest BCUT2D eigenvalue weighted by atomic mass is 10.1. The van der Waals surface area contributed by atoms with E-state index in [-0.39, 0.29) is 11.3 Å². The van der Waals surface area contributed by atoms with Crippen molar-refractivity contribution in [1.82, 2.24) is 4.72 Å². The first-order valence-electron chi connectivity index (χ1n) is 4.68. The molecule has 1 N–H and O–H groups in total. The van der Waals surface area contributed by atoms with Crippen LogP contribution in [0.2, 0.25) is 0 Å². The Kier molecular flexibility index (Phi) is 2.55. The Morgan fingerprint density at radius 2 is 1.69 bits per heavy atom. The van der Waals surface area contributed by atoms with Crippen LogP contribution in [0, 0.1) is 11.8 Å². The molecular formula is C8H14ClNO2S. The van der Waals surface area contributed by atoms with Crippen LogP contribution in [-0.4, -0.2) is 19.7 Å². The summed E-state index contributed by atoms with van der Waals surface area (Å²) in [7, 11) is -3.21. The van der Waals surface area contributed by atoms with Gasteiger partial charge in [0.25, 0.3) is 0 Å². The van der Waals surface area contributed by atoms with Crippen molar-refractivity contribution < 1.29 is 8.42 Å². The largest absolute Gasteiger partial charge is 0.225 e. The molecule has 76 valence electrons. The van der Waals surface area contributed by atoms with Crippen LogP contribution in [0.1, 0.15) is 25.7 Å². The van der Waals surface area contributed by atoms with Gasteiger partial charge < -0.3 is 0 Å². The van der Waals surface area contributed by atoms with Crippen LogP contribution in [0.15, 0.2) is 0 Å². The fourth-order valence-corrected chi connectivity index (χ4v) is 2.78. The van der Waals surface area contributed by atoms with E-state index in [1.54, 1.807) is 0 Å². The van der Waals surface area contributed by atoms with E-state index < -0.39 is 10.0 Å². The Bertz CT molecular complexity index is 271. The molecule has 2 saturated carbocycles. The lowest BCUT2D eigenvalue weighted by Crippen LogP contribution is -2.38. The van der Waals surface area contributed by atoms with E-state index in [0.717, 1.165) is 0 Å². The Morgan fingerprint density at radius 1 is 1.23 bits per heavy atom. The first kappa shape index (κ1) is 9.74. The van der Waals surface area contributed by atoms with Gasteiger partial charge in [-0.05, 0) is 37.5 Å². The summed E-state index contributed by atoms with van der Waals surface area (Å²) in [4.78, 5) is 0. The van der Waals surface area contributed by atoms with Crippen LogP contribution in [-0.2, 0) is 10.0 Å². The summed E-state index contributed by atoms with van der Waals surface area (Å²) in [5, 5.41) is -0.317. The number of rotatable bonds is 5. The molecule has 0 aromatic carbocycles. The van der Waals surface area contributed by atoms with Gasteiger partial charge in [-0.1, -0.05) is 0 Å². The van der Waals surface area contributed by atoms with Crippen LogP contribution < -0.4 is 4.72 Å². The molecule has 0 bridgehead atoms. The normalized spacial score (nSPS) is 23.8. The molecule has 2 rings (SSSR count). The molecule has 0 amide bonds. The highest BCUT2D eigenvalue weighted by Crippen LogP contribution is 2.44. The van der Waals surface area contributed by atoms with Gasteiger partial charge in [-0.15, -0.1) is 11.6 Å². The first-order chi connectivity index (χ1) is 6.12. The van der Waals surface area contributed by atoms with Crippen LogP contribution >= 0.6 is 11.6 Å². The van der Waals surface area contributed by atoms with Gasteiger partial charge in [0, 0.05) is 6.04 Å². The van der Waals surface area contributed by atoms with Crippen molar-refractivity contribution in [3.63, 3.8) is 0 Å². The smallest absolute Gasteiger partial charge is 0.211 e. The summed E-state index contributed by atoms with van der Waals surface area (Å²) in [5.41, 5.74) is 0. The zero-order chi connectivity index (χ0) is 9.47. The van der Waals surface area contributed by atoms with E-state index >= 15 is 0 Å². The SMILES string of the molecule is O=S(=O)(CCl)NC(C1CC1)C1CC1. The van der Waals surface area contributed by atoms with Crippen molar-refractivity contribution in [3.05, 3.63) is 0 Å².